The van der Waals surface area contributed by atoms with Gasteiger partial charge in [-0.15, -0.1) is 0 Å². The number of rotatable bonds is 5. The first kappa shape index (κ1) is 13.2. The van der Waals surface area contributed by atoms with Crippen LogP contribution in [0, 0.1) is 11.6 Å². The highest BCUT2D eigenvalue weighted by Gasteiger charge is 2.07. The van der Waals surface area contributed by atoms with Crippen molar-refractivity contribution >= 4 is 5.78 Å². The van der Waals surface area contributed by atoms with E-state index in [1.54, 1.807) is 0 Å². The van der Waals surface area contributed by atoms with E-state index in [1.807, 2.05) is 30.3 Å². The highest BCUT2D eigenvalue weighted by molar-refractivity contribution is 5.82. The molecular weight excluding hydrogens is 250 g/mol. The van der Waals surface area contributed by atoms with Gasteiger partial charge < -0.3 is 4.74 Å². The van der Waals surface area contributed by atoms with Crippen molar-refractivity contribution in [3.63, 3.8) is 0 Å². The molecule has 0 saturated carbocycles. The van der Waals surface area contributed by atoms with Crippen molar-refractivity contribution in [3.8, 4) is 5.75 Å². The summed E-state index contributed by atoms with van der Waals surface area (Å²) in [6.45, 7) is -0.167. The molecule has 2 rings (SSSR count). The normalized spacial score (nSPS) is 10.2. The minimum absolute atomic E-state index is 0.129. The second-order valence-corrected chi connectivity index (χ2v) is 4.07. The first-order valence-corrected chi connectivity index (χ1v) is 5.78. The summed E-state index contributed by atoms with van der Waals surface area (Å²) in [5, 5.41) is 0. The topological polar surface area (TPSA) is 26.3 Å². The molecule has 2 aromatic carbocycles. The summed E-state index contributed by atoms with van der Waals surface area (Å²) in [6.07, 6.45) is 0.254. The lowest BCUT2D eigenvalue weighted by Gasteiger charge is -2.06. The zero-order valence-corrected chi connectivity index (χ0v) is 10.1. The van der Waals surface area contributed by atoms with Crippen molar-refractivity contribution in [2.75, 3.05) is 6.61 Å². The number of ether oxygens (including phenoxy) is 1. The molecule has 0 aliphatic rings. The van der Waals surface area contributed by atoms with E-state index >= 15 is 0 Å². The maximum Gasteiger partial charge on any atom is 0.174 e. The summed E-state index contributed by atoms with van der Waals surface area (Å²) < 4.78 is 30.7. The maximum atomic E-state index is 12.9. The molecule has 0 radical (unpaired) electrons. The van der Waals surface area contributed by atoms with Crippen LogP contribution >= 0.6 is 0 Å². The average molecular weight is 262 g/mol. The van der Waals surface area contributed by atoms with E-state index < -0.39 is 11.6 Å². The third-order valence-electron chi connectivity index (χ3n) is 2.54. The van der Waals surface area contributed by atoms with Crippen molar-refractivity contribution in [2.24, 2.45) is 0 Å². The summed E-state index contributed by atoms with van der Waals surface area (Å²) in [5.41, 5.74) is 0.890. The smallest absolute Gasteiger partial charge is 0.174 e. The molecule has 0 amide bonds. The fraction of sp³-hybridized carbons (Fsp3) is 0.133. The third-order valence-corrected chi connectivity index (χ3v) is 2.54. The molecule has 2 aromatic rings. The van der Waals surface area contributed by atoms with E-state index in [2.05, 4.69) is 0 Å². The minimum Gasteiger partial charge on any atom is -0.486 e. The molecule has 0 bridgehead atoms. The van der Waals surface area contributed by atoms with Gasteiger partial charge in [0.25, 0.3) is 0 Å². The molecular formula is C15H12F2O2. The molecule has 0 spiro atoms. The van der Waals surface area contributed by atoms with Gasteiger partial charge in [-0.05, 0) is 17.7 Å². The van der Waals surface area contributed by atoms with Gasteiger partial charge in [-0.25, -0.2) is 8.78 Å². The number of hydrogen-bond acceptors (Lipinski definition) is 2. The van der Waals surface area contributed by atoms with E-state index in [1.165, 1.54) is 6.07 Å². The Hall–Kier alpha value is -2.23. The predicted octanol–water partition coefficient (Wildman–Crippen LogP) is 3.16. The van der Waals surface area contributed by atoms with Gasteiger partial charge in [0, 0.05) is 12.5 Å². The van der Waals surface area contributed by atoms with Gasteiger partial charge >= 0.3 is 0 Å². The fourth-order valence-corrected chi connectivity index (χ4v) is 1.61. The Bertz CT molecular complexity index is 568. The summed E-state index contributed by atoms with van der Waals surface area (Å²) in [7, 11) is 0. The van der Waals surface area contributed by atoms with Crippen LogP contribution in [0.5, 0.6) is 5.75 Å². The van der Waals surface area contributed by atoms with E-state index in [4.69, 9.17) is 4.74 Å². The molecule has 0 unspecified atom stereocenters. The Balaban J connectivity index is 1.88. The SMILES string of the molecule is O=C(COc1ccc(F)c(F)c1)Cc1ccccc1. The van der Waals surface area contributed by atoms with E-state index in [-0.39, 0.29) is 24.6 Å². The van der Waals surface area contributed by atoms with Crippen molar-refractivity contribution in [1.29, 1.82) is 0 Å². The van der Waals surface area contributed by atoms with Crippen LogP contribution in [0.3, 0.4) is 0 Å². The fourth-order valence-electron chi connectivity index (χ4n) is 1.61. The Labute approximate surface area is 109 Å². The number of hydrogen-bond donors (Lipinski definition) is 0. The molecule has 0 saturated heterocycles. The van der Waals surface area contributed by atoms with Crippen LogP contribution in [0.2, 0.25) is 0 Å². The molecule has 0 aliphatic carbocycles. The number of Topliss-reactive ketones (excluding diaryl/α,β-unsaturated/α-hetero) is 1. The highest BCUT2D eigenvalue weighted by atomic mass is 19.2. The van der Waals surface area contributed by atoms with Gasteiger partial charge in [0.2, 0.25) is 0 Å². The molecule has 2 nitrogen and oxygen atoms in total. The van der Waals surface area contributed by atoms with Gasteiger partial charge in [0.1, 0.15) is 12.4 Å². The standard InChI is InChI=1S/C15H12F2O2/c16-14-7-6-13(9-15(14)17)19-10-12(18)8-11-4-2-1-3-5-11/h1-7,9H,8,10H2. The lowest BCUT2D eigenvalue weighted by atomic mass is 10.1. The zero-order chi connectivity index (χ0) is 13.7. The lowest BCUT2D eigenvalue weighted by molar-refractivity contribution is -0.120. The predicted molar refractivity (Wildman–Crippen MR) is 67.0 cm³/mol. The second-order valence-electron chi connectivity index (χ2n) is 4.07. The van der Waals surface area contributed by atoms with Crippen molar-refractivity contribution in [3.05, 3.63) is 65.7 Å². The van der Waals surface area contributed by atoms with E-state index in [9.17, 15) is 13.6 Å². The maximum absolute atomic E-state index is 12.9. The molecule has 0 fully saturated rings. The van der Waals surface area contributed by atoms with Crippen LogP contribution in [0.1, 0.15) is 5.56 Å². The van der Waals surface area contributed by atoms with Crippen LogP contribution < -0.4 is 4.74 Å². The zero-order valence-electron chi connectivity index (χ0n) is 10.1. The third kappa shape index (κ3) is 3.88. The van der Waals surface area contributed by atoms with Gasteiger partial charge in [0.05, 0.1) is 0 Å². The molecule has 0 aliphatic heterocycles. The molecule has 0 atom stereocenters. The Kier molecular flexibility index (Phi) is 4.23. The molecule has 0 N–H and O–H groups in total. The van der Waals surface area contributed by atoms with Crippen LogP contribution in [0.15, 0.2) is 48.5 Å². The van der Waals surface area contributed by atoms with Crippen LogP contribution in [-0.4, -0.2) is 12.4 Å². The molecule has 98 valence electrons. The minimum atomic E-state index is -0.993. The number of halogens is 2. The van der Waals surface area contributed by atoms with Gasteiger partial charge in [-0.3, -0.25) is 4.79 Å². The average Bonchev–Trinajstić information content (AvgIpc) is 2.41. The summed E-state index contributed by atoms with van der Waals surface area (Å²) in [4.78, 5) is 11.6. The van der Waals surface area contributed by atoms with Gasteiger partial charge in [-0.2, -0.15) is 0 Å². The largest absolute Gasteiger partial charge is 0.486 e. The highest BCUT2D eigenvalue weighted by Crippen LogP contribution is 2.15. The quantitative estimate of drug-likeness (QED) is 0.827. The Morgan fingerprint density at radius 2 is 1.74 bits per heavy atom. The van der Waals surface area contributed by atoms with Crippen LogP contribution in [0.4, 0.5) is 8.78 Å². The lowest BCUT2D eigenvalue weighted by Crippen LogP contribution is -2.13. The van der Waals surface area contributed by atoms with E-state index in [0.717, 1.165) is 17.7 Å². The summed E-state index contributed by atoms with van der Waals surface area (Å²) >= 11 is 0. The second kappa shape index (κ2) is 6.09. The molecule has 0 aromatic heterocycles. The number of ketones is 1. The monoisotopic (exact) mass is 262 g/mol. The van der Waals surface area contributed by atoms with Crippen LogP contribution in [0.25, 0.3) is 0 Å². The van der Waals surface area contributed by atoms with Crippen molar-refractivity contribution < 1.29 is 18.3 Å². The number of benzene rings is 2. The number of carbonyl (C=O) groups is 1. The van der Waals surface area contributed by atoms with Crippen molar-refractivity contribution in [2.45, 2.75) is 6.42 Å². The summed E-state index contributed by atoms with van der Waals surface area (Å²) in [5.74, 6) is -1.92. The van der Waals surface area contributed by atoms with E-state index in [0.29, 0.717) is 0 Å². The summed E-state index contributed by atoms with van der Waals surface area (Å²) in [6, 6.07) is 12.4. The molecule has 4 heteroatoms. The first-order valence-electron chi connectivity index (χ1n) is 5.78. The first-order chi connectivity index (χ1) is 9.15. The Morgan fingerprint density at radius 1 is 1.00 bits per heavy atom. The van der Waals surface area contributed by atoms with Crippen LogP contribution in [-0.2, 0) is 11.2 Å². The van der Waals surface area contributed by atoms with Gasteiger partial charge in [0.15, 0.2) is 17.4 Å². The van der Waals surface area contributed by atoms with Gasteiger partial charge in [-0.1, -0.05) is 30.3 Å². The molecule has 19 heavy (non-hydrogen) atoms. The Morgan fingerprint density at radius 3 is 2.42 bits per heavy atom. The van der Waals surface area contributed by atoms with Crippen molar-refractivity contribution in [1.82, 2.24) is 0 Å². The number of carbonyl (C=O) groups excluding carboxylic acids is 1. The molecule has 0 heterocycles.